The second kappa shape index (κ2) is 3.16. The number of hydrogen-bond donors (Lipinski definition) is 0. The van der Waals surface area contributed by atoms with E-state index in [1.165, 1.54) is 0 Å². The summed E-state index contributed by atoms with van der Waals surface area (Å²) < 4.78 is 0. The van der Waals surface area contributed by atoms with Gasteiger partial charge in [0, 0.05) is 0 Å². The minimum atomic E-state index is -0.581. The fraction of sp³-hybridized carbons (Fsp3) is 0.667. The molecule has 1 aliphatic heterocycles. The predicted molar refractivity (Wildman–Crippen MR) is 36.1 cm³/mol. The molecule has 0 aromatic carbocycles. The molecule has 0 amide bonds. The van der Waals surface area contributed by atoms with Gasteiger partial charge in [0.15, 0.2) is 10.9 Å². The normalized spacial score (nSPS) is 25.9. The molecule has 4 heteroatoms. The van der Waals surface area contributed by atoms with Crippen molar-refractivity contribution in [3.8, 4) is 0 Å². The van der Waals surface area contributed by atoms with Crippen LogP contribution in [0.15, 0.2) is 0 Å². The van der Waals surface area contributed by atoms with E-state index in [1.54, 1.807) is 0 Å². The number of hydrogen-bond acceptors (Lipinski definition) is 3. The fourth-order valence-electron chi connectivity index (χ4n) is 0.872. The number of thioether (sulfide) groups is 1. The van der Waals surface area contributed by atoms with Crippen molar-refractivity contribution in [1.29, 1.82) is 0 Å². The van der Waals surface area contributed by atoms with Crippen molar-refractivity contribution in [2.75, 3.05) is 12.4 Å². The van der Waals surface area contributed by atoms with Crippen LogP contribution in [0, 0.1) is 5.92 Å². The van der Waals surface area contributed by atoms with Crippen LogP contribution in [0.1, 0.15) is 6.42 Å². The summed E-state index contributed by atoms with van der Waals surface area (Å²) in [5.41, 5.74) is 0. The molecular formula is C6H7O3S. The maximum Gasteiger partial charge on any atom is 0.199 e. The molecule has 0 aliphatic carbocycles. The molecular weight excluding hydrogens is 152 g/mol. The highest BCUT2D eigenvalue weighted by Gasteiger charge is 2.32. The van der Waals surface area contributed by atoms with Crippen molar-refractivity contribution in [3.63, 3.8) is 0 Å². The van der Waals surface area contributed by atoms with Gasteiger partial charge >= 0.3 is 0 Å². The lowest BCUT2D eigenvalue weighted by Gasteiger charge is -1.98. The Morgan fingerprint density at radius 2 is 2.20 bits per heavy atom. The predicted octanol–water partition coefficient (Wildman–Crippen LogP) is 0.266. The number of carbonyl (C=O) groups excluding carboxylic acids is 2. The molecule has 1 saturated heterocycles. The van der Waals surface area contributed by atoms with E-state index in [0.717, 1.165) is 11.8 Å². The number of rotatable bonds is 2. The van der Waals surface area contributed by atoms with Gasteiger partial charge in [-0.2, -0.15) is 0 Å². The first kappa shape index (κ1) is 7.75. The van der Waals surface area contributed by atoms with Gasteiger partial charge in [-0.15, -0.1) is 0 Å². The molecule has 1 fully saturated rings. The van der Waals surface area contributed by atoms with E-state index in [4.69, 9.17) is 0 Å². The van der Waals surface area contributed by atoms with E-state index in [1.807, 2.05) is 0 Å². The molecule has 55 valence electrons. The Labute approximate surface area is 62.8 Å². The van der Waals surface area contributed by atoms with E-state index < -0.39 is 5.92 Å². The Hall–Kier alpha value is -0.350. The van der Waals surface area contributed by atoms with Crippen LogP contribution in [-0.4, -0.2) is 23.3 Å². The molecule has 1 heterocycles. The summed E-state index contributed by atoms with van der Waals surface area (Å²) in [4.78, 5) is 21.6. The minimum Gasteiger partial charge on any atom is -0.298 e. The molecule has 0 N–H and O–H groups in total. The van der Waals surface area contributed by atoms with Crippen molar-refractivity contribution < 1.29 is 14.7 Å². The molecule has 1 aliphatic rings. The van der Waals surface area contributed by atoms with Crippen molar-refractivity contribution in [2.24, 2.45) is 5.92 Å². The number of ketones is 1. The van der Waals surface area contributed by atoms with Crippen LogP contribution >= 0.6 is 11.8 Å². The van der Waals surface area contributed by atoms with E-state index in [0.29, 0.717) is 0 Å². The minimum absolute atomic E-state index is 0.0779. The molecule has 0 saturated carbocycles. The van der Waals surface area contributed by atoms with E-state index in [-0.39, 0.29) is 29.7 Å². The Bertz CT molecular complexity index is 150. The lowest BCUT2D eigenvalue weighted by atomic mass is 10.0. The van der Waals surface area contributed by atoms with E-state index in [2.05, 4.69) is 0 Å². The summed E-state index contributed by atoms with van der Waals surface area (Å²) in [5, 5.41) is 9.94. The van der Waals surface area contributed by atoms with Crippen LogP contribution in [-0.2, 0) is 14.7 Å². The number of Topliss-reactive ketones (excluding diaryl/α,β-unsaturated/α-hetero) is 1. The standard InChI is InChI=1S/C6H7O3S/c7-2-1-4-5(8)3-10-6(4)9/h4H,1-3H2. The summed E-state index contributed by atoms with van der Waals surface area (Å²) in [5.74, 6) is -0.392. The van der Waals surface area contributed by atoms with Gasteiger partial charge in [0.2, 0.25) is 0 Å². The molecule has 0 aromatic heterocycles. The second-order valence-electron chi connectivity index (χ2n) is 2.12. The molecule has 0 aromatic rings. The zero-order chi connectivity index (χ0) is 7.56. The van der Waals surface area contributed by atoms with Crippen molar-refractivity contribution in [2.45, 2.75) is 6.42 Å². The quantitative estimate of drug-likeness (QED) is 0.543. The Morgan fingerprint density at radius 1 is 1.50 bits per heavy atom. The smallest absolute Gasteiger partial charge is 0.199 e. The summed E-state index contributed by atoms with van der Waals surface area (Å²) >= 11 is 1.03. The summed E-state index contributed by atoms with van der Waals surface area (Å²) in [6.45, 7) is -0.331. The van der Waals surface area contributed by atoms with E-state index in [9.17, 15) is 14.7 Å². The van der Waals surface area contributed by atoms with Gasteiger partial charge in [0.1, 0.15) is 0 Å². The van der Waals surface area contributed by atoms with Gasteiger partial charge in [-0.05, 0) is 6.42 Å². The summed E-state index contributed by atoms with van der Waals surface area (Å²) in [6.07, 6.45) is 0.185. The average Bonchev–Trinajstić information content (AvgIpc) is 2.20. The molecule has 1 atom stereocenters. The second-order valence-corrected chi connectivity index (χ2v) is 3.10. The van der Waals surface area contributed by atoms with Crippen molar-refractivity contribution >= 4 is 22.7 Å². The molecule has 1 rings (SSSR count). The van der Waals surface area contributed by atoms with Gasteiger partial charge in [0.05, 0.1) is 18.3 Å². The maximum atomic E-state index is 10.8. The van der Waals surface area contributed by atoms with E-state index >= 15 is 0 Å². The SMILES string of the molecule is [O]CCC1C(=O)CSC1=O. The lowest BCUT2D eigenvalue weighted by Crippen LogP contribution is -2.15. The third-order valence-electron chi connectivity index (χ3n) is 1.44. The Kier molecular flexibility index (Phi) is 2.45. The van der Waals surface area contributed by atoms with Crippen LogP contribution in [0.3, 0.4) is 0 Å². The molecule has 1 radical (unpaired) electrons. The van der Waals surface area contributed by atoms with Gasteiger partial charge in [-0.25, -0.2) is 5.11 Å². The molecule has 0 spiro atoms. The van der Waals surface area contributed by atoms with Crippen molar-refractivity contribution in [3.05, 3.63) is 0 Å². The first-order valence-electron chi connectivity index (χ1n) is 3.03. The third-order valence-corrected chi connectivity index (χ3v) is 2.43. The fourth-order valence-corrected chi connectivity index (χ4v) is 1.81. The maximum absolute atomic E-state index is 10.8. The van der Waals surface area contributed by atoms with Crippen LogP contribution in [0.25, 0.3) is 0 Å². The largest absolute Gasteiger partial charge is 0.298 e. The zero-order valence-corrected chi connectivity index (χ0v) is 6.15. The highest BCUT2D eigenvalue weighted by Crippen LogP contribution is 2.24. The van der Waals surface area contributed by atoms with Gasteiger partial charge < -0.3 is 0 Å². The first-order chi connectivity index (χ1) is 4.75. The highest BCUT2D eigenvalue weighted by molar-refractivity contribution is 8.15. The Balaban J connectivity index is 2.54. The van der Waals surface area contributed by atoms with Crippen molar-refractivity contribution in [1.82, 2.24) is 0 Å². The Morgan fingerprint density at radius 3 is 2.60 bits per heavy atom. The van der Waals surface area contributed by atoms with Gasteiger partial charge in [-0.1, -0.05) is 11.8 Å². The average molecular weight is 159 g/mol. The van der Waals surface area contributed by atoms with Crippen LogP contribution in [0.4, 0.5) is 0 Å². The summed E-state index contributed by atoms with van der Waals surface area (Å²) in [7, 11) is 0. The zero-order valence-electron chi connectivity index (χ0n) is 5.33. The topological polar surface area (TPSA) is 54.0 Å². The molecule has 10 heavy (non-hydrogen) atoms. The van der Waals surface area contributed by atoms with Gasteiger partial charge in [-0.3, -0.25) is 9.59 Å². The summed E-state index contributed by atoms with van der Waals surface area (Å²) in [6, 6.07) is 0. The first-order valence-corrected chi connectivity index (χ1v) is 4.01. The molecule has 1 unspecified atom stereocenters. The highest BCUT2D eigenvalue weighted by atomic mass is 32.2. The molecule has 0 bridgehead atoms. The van der Waals surface area contributed by atoms with Crippen LogP contribution in [0.5, 0.6) is 0 Å². The monoisotopic (exact) mass is 159 g/mol. The molecule has 3 nitrogen and oxygen atoms in total. The lowest BCUT2D eigenvalue weighted by molar-refractivity contribution is -0.126. The van der Waals surface area contributed by atoms with Gasteiger partial charge in [0.25, 0.3) is 0 Å². The number of carbonyl (C=O) groups is 2. The van der Waals surface area contributed by atoms with Crippen LogP contribution < -0.4 is 0 Å². The van der Waals surface area contributed by atoms with Crippen LogP contribution in [0.2, 0.25) is 0 Å². The third kappa shape index (κ3) is 1.38.